The van der Waals surface area contributed by atoms with Gasteiger partial charge >= 0.3 is 5.97 Å². The van der Waals surface area contributed by atoms with Crippen molar-refractivity contribution in [3.8, 4) is 5.75 Å². The Morgan fingerprint density at radius 2 is 2.03 bits per heavy atom. The van der Waals surface area contributed by atoms with Crippen LogP contribution in [0.4, 0.5) is 17.2 Å². The van der Waals surface area contributed by atoms with Crippen molar-refractivity contribution in [3.63, 3.8) is 0 Å². The summed E-state index contributed by atoms with van der Waals surface area (Å²) in [6.45, 7) is 3.20. The Kier molecular flexibility index (Phi) is 9.56. The van der Waals surface area contributed by atoms with Crippen LogP contribution in [0.25, 0.3) is 10.9 Å². The molecule has 2 aromatic carbocycles. The highest BCUT2D eigenvalue weighted by Crippen LogP contribution is 2.33. The highest BCUT2D eigenvalue weighted by molar-refractivity contribution is 9.10. The van der Waals surface area contributed by atoms with E-state index in [9.17, 15) is 9.59 Å². The zero-order valence-corrected chi connectivity index (χ0v) is 21.5. The van der Waals surface area contributed by atoms with E-state index in [2.05, 4.69) is 36.5 Å². The van der Waals surface area contributed by atoms with E-state index < -0.39 is 0 Å². The molecule has 0 spiro atoms. The van der Waals surface area contributed by atoms with Gasteiger partial charge in [-0.1, -0.05) is 28.1 Å². The van der Waals surface area contributed by atoms with E-state index in [1.54, 1.807) is 25.1 Å². The van der Waals surface area contributed by atoms with Crippen LogP contribution < -0.4 is 15.4 Å². The van der Waals surface area contributed by atoms with Crippen molar-refractivity contribution in [1.29, 1.82) is 0 Å². The number of esters is 1. The Bertz CT molecular complexity index is 1220. The van der Waals surface area contributed by atoms with E-state index >= 15 is 0 Å². The third kappa shape index (κ3) is 7.76. The summed E-state index contributed by atoms with van der Waals surface area (Å²) in [4.78, 5) is 34.7. The van der Waals surface area contributed by atoms with Gasteiger partial charge in [0.15, 0.2) is 0 Å². The first-order chi connectivity index (χ1) is 16.9. The monoisotopic (exact) mass is 541 g/mol. The van der Waals surface area contributed by atoms with Gasteiger partial charge in [0, 0.05) is 40.8 Å². The van der Waals surface area contributed by atoms with Crippen molar-refractivity contribution in [2.75, 3.05) is 44.5 Å². The van der Waals surface area contributed by atoms with Gasteiger partial charge in [-0.05, 0) is 38.2 Å². The molecule has 0 aliphatic rings. The van der Waals surface area contributed by atoms with Crippen LogP contribution in [0.2, 0.25) is 0 Å². The minimum Gasteiger partial charge on any atom is -0.494 e. The second-order valence-electron chi connectivity index (χ2n) is 7.64. The lowest BCUT2D eigenvalue weighted by molar-refractivity contribution is -0.143. The fourth-order valence-electron chi connectivity index (χ4n) is 3.27. The smallest absolute Gasteiger partial charge is 0.307 e. The van der Waals surface area contributed by atoms with Gasteiger partial charge in [-0.2, -0.15) is 0 Å². The molecule has 0 fully saturated rings. The van der Waals surface area contributed by atoms with Crippen LogP contribution in [0.5, 0.6) is 5.75 Å². The minimum absolute atomic E-state index is 0.234. The van der Waals surface area contributed by atoms with Gasteiger partial charge in [-0.25, -0.2) is 9.97 Å². The number of carbonyl (C=O) groups is 2. The summed E-state index contributed by atoms with van der Waals surface area (Å²) in [5, 5.41) is 6.88. The topological polar surface area (TPSA) is 106 Å². The third-order valence-corrected chi connectivity index (χ3v) is 5.48. The molecule has 0 radical (unpaired) electrons. The number of nitrogens with one attached hydrogen (secondary N) is 2. The fourth-order valence-corrected chi connectivity index (χ4v) is 3.67. The molecule has 10 heteroatoms. The number of anilines is 3. The number of ether oxygens (including phenoxy) is 2. The van der Waals surface area contributed by atoms with E-state index in [1.807, 2.05) is 36.2 Å². The Morgan fingerprint density at radius 1 is 1.20 bits per heavy atom. The third-order valence-electron chi connectivity index (χ3n) is 4.99. The molecule has 9 nitrogen and oxygen atoms in total. The van der Waals surface area contributed by atoms with Crippen molar-refractivity contribution in [3.05, 3.63) is 59.4 Å². The Hall–Kier alpha value is -3.50. The van der Waals surface area contributed by atoms with Gasteiger partial charge < -0.3 is 25.0 Å². The van der Waals surface area contributed by atoms with Crippen LogP contribution in [0.15, 0.2) is 59.4 Å². The van der Waals surface area contributed by atoms with Gasteiger partial charge in [-0.15, -0.1) is 0 Å². The van der Waals surface area contributed by atoms with Crippen molar-refractivity contribution in [2.45, 2.75) is 13.3 Å². The number of hydrogen-bond acceptors (Lipinski definition) is 8. The van der Waals surface area contributed by atoms with Crippen LogP contribution in [0.3, 0.4) is 0 Å². The van der Waals surface area contributed by atoms with Crippen molar-refractivity contribution >= 4 is 55.9 Å². The molecule has 0 unspecified atom stereocenters. The van der Waals surface area contributed by atoms with E-state index in [4.69, 9.17) is 9.47 Å². The lowest BCUT2D eigenvalue weighted by Crippen LogP contribution is -2.23. The molecule has 1 heterocycles. The van der Waals surface area contributed by atoms with Crippen molar-refractivity contribution in [1.82, 2.24) is 14.9 Å². The molecule has 2 N–H and O–H groups in total. The number of halogens is 1. The predicted molar refractivity (Wildman–Crippen MR) is 140 cm³/mol. The van der Waals surface area contributed by atoms with Crippen LogP contribution in [0, 0.1) is 0 Å². The quantitative estimate of drug-likeness (QED) is 0.269. The second kappa shape index (κ2) is 12.8. The maximum atomic E-state index is 12.6. The summed E-state index contributed by atoms with van der Waals surface area (Å²) in [7, 11) is 3.40. The maximum Gasteiger partial charge on any atom is 0.307 e. The van der Waals surface area contributed by atoms with Gasteiger partial charge in [0.1, 0.15) is 17.9 Å². The SMILES string of the molecule is CCOC(=O)CCN(C)C/C=C/C(=O)Nc1cc2c(Nc3cccc(Br)c3)ncnc2cc1OC. The summed E-state index contributed by atoms with van der Waals surface area (Å²) in [6.07, 6.45) is 4.96. The normalized spacial score (nSPS) is 11.1. The number of methoxy groups -OCH3 is 1. The molecule has 3 rings (SSSR count). The summed E-state index contributed by atoms with van der Waals surface area (Å²) >= 11 is 3.47. The van der Waals surface area contributed by atoms with Crippen molar-refractivity contribution in [2.24, 2.45) is 0 Å². The first-order valence-corrected chi connectivity index (χ1v) is 11.9. The standard InChI is InChI=1S/C25H28BrN5O4/c1-4-35-24(33)10-12-31(2)11-6-9-23(32)30-21-14-19-20(15-22(21)34-3)27-16-28-25(19)29-18-8-5-7-17(26)13-18/h5-9,13-16H,4,10-12H2,1-3H3,(H,30,32)(H,27,28,29)/b9-6+. The molecule has 1 amide bonds. The molecule has 0 atom stereocenters. The number of likely N-dealkylation sites (N-methyl/N-ethyl adjacent to an activating group) is 1. The summed E-state index contributed by atoms with van der Waals surface area (Å²) in [5.41, 5.74) is 2.03. The summed E-state index contributed by atoms with van der Waals surface area (Å²) in [6, 6.07) is 11.3. The molecule has 0 saturated carbocycles. The molecule has 0 bridgehead atoms. The number of amides is 1. The van der Waals surface area contributed by atoms with Crippen LogP contribution >= 0.6 is 15.9 Å². The number of benzene rings is 2. The number of fused-ring (bicyclic) bond motifs is 1. The number of nitrogens with zero attached hydrogens (tertiary/aromatic N) is 3. The lowest BCUT2D eigenvalue weighted by atomic mass is 10.2. The molecule has 0 aliphatic carbocycles. The largest absolute Gasteiger partial charge is 0.494 e. The Labute approximate surface area is 212 Å². The number of carbonyl (C=O) groups excluding carboxylic acids is 2. The van der Waals surface area contributed by atoms with Crippen molar-refractivity contribution < 1.29 is 19.1 Å². The van der Waals surface area contributed by atoms with E-state index in [0.29, 0.717) is 48.9 Å². The van der Waals surface area contributed by atoms with E-state index in [1.165, 1.54) is 19.5 Å². The molecule has 35 heavy (non-hydrogen) atoms. The van der Waals surface area contributed by atoms with E-state index in [-0.39, 0.29) is 11.9 Å². The van der Waals surface area contributed by atoms with Gasteiger partial charge in [0.05, 0.1) is 31.3 Å². The predicted octanol–water partition coefficient (Wildman–Crippen LogP) is 4.52. The molecule has 1 aromatic heterocycles. The molecular weight excluding hydrogens is 514 g/mol. The molecule has 3 aromatic rings. The zero-order valence-electron chi connectivity index (χ0n) is 19.9. The van der Waals surface area contributed by atoms with Crippen LogP contribution in [0.1, 0.15) is 13.3 Å². The van der Waals surface area contributed by atoms with Gasteiger partial charge in [-0.3, -0.25) is 9.59 Å². The highest BCUT2D eigenvalue weighted by Gasteiger charge is 2.12. The zero-order chi connectivity index (χ0) is 25.2. The number of hydrogen-bond donors (Lipinski definition) is 2. The first-order valence-electron chi connectivity index (χ1n) is 11.1. The summed E-state index contributed by atoms with van der Waals surface area (Å²) < 4.78 is 11.3. The average Bonchev–Trinajstić information content (AvgIpc) is 2.83. The van der Waals surface area contributed by atoms with E-state index in [0.717, 1.165) is 15.5 Å². The number of aromatic nitrogens is 2. The first kappa shape index (κ1) is 26.1. The minimum atomic E-state index is -0.306. The fraction of sp³-hybridized carbons (Fsp3) is 0.280. The average molecular weight is 542 g/mol. The molecule has 0 aliphatic heterocycles. The van der Waals surface area contributed by atoms with Gasteiger partial charge in [0.25, 0.3) is 0 Å². The Morgan fingerprint density at radius 3 is 2.77 bits per heavy atom. The molecule has 0 saturated heterocycles. The number of rotatable bonds is 11. The van der Waals surface area contributed by atoms with Crippen LogP contribution in [-0.4, -0.2) is 60.6 Å². The second-order valence-corrected chi connectivity index (χ2v) is 8.55. The molecule has 184 valence electrons. The van der Waals surface area contributed by atoms with Gasteiger partial charge in [0.2, 0.25) is 5.91 Å². The Balaban J connectivity index is 1.71. The van der Waals surface area contributed by atoms with Crippen LogP contribution in [-0.2, 0) is 14.3 Å². The molecular formula is C25H28BrN5O4. The summed E-state index contributed by atoms with van der Waals surface area (Å²) in [5.74, 6) is 0.546. The highest BCUT2D eigenvalue weighted by atomic mass is 79.9. The maximum absolute atomic E-state index is 12.6. The lowest BCUT2D eigenvalue weighted by Gasteiger charge is -2.14.